The first kappa shape index (κ1) is 11.6. The molecule has 2 bridgehead atoms. The number of fused-ring (bicyclic) bond motifs is 3. The Morgan fingerprint density at radius 2 is 2.21 bits per heavy atom. The fourth-order valence-corrected chi connectivity index (χ4v) is 4.78. The summed E-state index contributed by atoms with van der Waals surface area (Å²) >= 11 is 1.73. The molecule has 0 amide bonds. The molecule has 0 aliphatic heterocycles. The Balaban J connectivity index is 1.82. The molecule has 2 aliphatic carbocycles. The summed E-state index contributed by atoms with van der Waals surface area (Å²) in [6.45, 7) is 2.10. The molecule has 4 nitrogen and oxygen atoms in total. The minimum atomic E-state index is 0.553. The predicted octanol–water partition coefficient (Wildman–Crippen LogP) is 3.19. The summed E-state index contributed by atoms with van der Waals surface area (Å²) in [7, 11) is 0. The number of rotatable bonds is 2. The number of nitrogens with zero attached hydrogens (tertiary/aromatic N) is 2. The van der Waals surface area contributed by atoms with Gasteiger partial charge >= 0.3 is 0 Å². The van der Waals surface area contributed by atoms with E-state index in [4.69, 9.17) is 15.8 Å². The highest BCUT2D eigenvalue weighted by atomic mass is 32.1. The van der Waals surface area contributed by atoms with Crippen LogP contribution in [-0.2, 0) is 0 Å². The number of hydrazine groups is 1. The lowest BCUT2D eigenvalue weighted by Gasteiger charge is -2.20. The topological polar surface area (TPSA) is 63.8 Å². The third-order valence-corrected chi connectivity index (χ3v) is 5.68. The molecule has 100 valence electrons. The third-order valence-electron chi connectivity index (χ3n) is 4.74. The fraction of sp³-hybridized carbons (Fsp3) is 0.571. The molecule has 2 fully saturated rings. The molecular weight excluding hydrogens is 256 g/mol. The van der Waals surface area contributed by atoms with Crippen molar-refractivity contribution in [3.63, 3.8) is 0 Å². The number of thiophene rings is 1. The number of nitrogens with one attached hydrogen (secondary N) is 1. The minimum absolute atomic E-state index is 0.553. The Hall–Kier alpha value is -1.20. The zero-order valence-corrected chi connectivity index (χ0v) is 11.8. The van der Waals surface area contributed by atoms with Crippen LogP contribution in [0, 0.1) is 18.8 Å². The second-order valence-corrected chi connectivity index (χ2v) is 7.17. The van der Waals surface area contributed by atoms with Gasteiger partial charge < -0.3 is 5.43 Å². The first-order valence-corrected chi connectivity index (χ1v) is 7.81. The van der Waals surface area contributed by atoms with Crippen LogP contribution in [0.2, 0.25) is 0 Å². The molecule has 0 radical (unpaired) electrons. The summed E-state index contributed by atoms with van der Waals surface area (Å²) in [5.41, 5.74) is 2.75. The van der Waals surface area contributed by atoms with Gasteiger partial charge in [0.1, 0.15) is 10.7 Å². The van der Waals surface area contributed by atoms with Gasteiger partial charge in [0.25, 0.3) is 0 Å². The number of anilines is 1. The van der Waals surface area contributed by atoms with Crippen LogP contribution in [0.5, 0.6) is 0 Å². The van der Waals surface area contributed by atoms with Crippen LogP contribution in [0.3, 0.4) is 0 Å². The zero-order chi connectivity index (χ0) is 13.0. The molecule has 2 aromatic rings. The molecule has 2 aromatic heterocycles. The van der Waals surface area contributed by atoms with Crippen molar-refractivity contribution in [3.8, 4) is 0 Å². The molecule has 2 heterocycles. The quantitative estimate of drug-likeness (QED) is 0.652. The van der Waals surface area contributed by atoms with Crippen LogP contribution in [-0.4, -0.2) is 9.97 Å². The fourth-order valence-electron chi connectivity index (χ4n) is 3.90. The molecule has 2 saturated carbocycles. The van der Waals surface area contributed by atoms with E-state index in [0.717, 1.165) is 33.7 Å². The maximum atomic E-state index is 5.63. The van der Waals surface area contributed by atoms with Gasteiger partial charge in [-0.3, -0.25) is 0 Å². The van der Waals surface area contributed by atoms with E-state index >= 15 is 0 Å². The normalized spacial score (nSPS) is 29.3. The number of nitrogen functional groups attached to an aromatic ring is 1. The van der Waals surface area contributed by atoms with Crippen LogP contribution in [0.15, 0.2) is 6.07 Å². The van der Waals surface area contributed by atoms with Crippen LogP contribution < -0.4 is 11.3 Å². The summed E-state index contributed by atoms with van der Waals surface area (Å²) in [5, 5.41) is 1.05. The van der Waals surface area contributed by atoms with Gasteiger partial charge in [-0.2, -0.15) is 0 Å². The number of aromatic nitrogens is 2. The maximum absolute atomic E-state index is 5.63. The van der Waals surface area contributed by atoms with E-state index in [9.17, 15) is 0 Å². The molecule has 0 saturated heterocycles. The highest BCUT2D eigenvalue weighted by molar-refractivity contribution is 7.18. The average molecular weight is 274 g/mol. The Morgan fingerprint density at radius 3 is 2.89 bits per heavy atom. The lowest BCUT2D eigenvalue weighted by Crippen LogP contribution is -2.15. The van der Waals surface area contributed by atoms with Crippen molar-refractivity contribution in [2.24, 2.45) is 17.7 Å². The monoisotopic (exact) mass is 274 g/mol. The summed E-state index contributed by atoms with van der Waals surface area (Å²) in [5.74, 6) is 9.69. The van der Waals surface area contributed by atoms with Crippen LogP contribution >= 0.6 is 11.3 Å². The molecular formula is C14H18N4S. The Labute approximate surface area is 116 Å². The molecule has 0 aromatic carbocycles. The minimum Gasteiger partial charge on any atom is -0.308 e. The van der Waals surface area contributed by atoms with Crippen LogP contribution in [0.1, 0.15) is 42.3 Å². The van der Waals surface area contributed by atoms with Crippen molar-refractivity contribution in [1.29, 1.82) is 0 Å². The van der Waals surface area contributed by atoms with E-state index in [0.29, 0.717) is 5.92 Å². The first-order valence-electron chi connectivity index (χ1n) is 6.99. The summed E-state index contributed by atoms with van der Waals surface area (Å²) in [6, 6.07) is 2.11. The van der Waals surface area contributed by atoms with E-state index < -0.39 is 0 Å². The maximum Gasteiger partial charge on any atom is 0.152 e. The smallest absolute Gasteiger partial charge is 0.152 e. The van der Waals surface area contributed by atoms with Crippen molar-refractivity contribution >= 4 is 27.4 Å². The van der Waals surface area contributed by atoms with Crippen molar-refractivity contribution in [3.05, 3.63) is 16.8 Å². The van der Waals surface area contributed by atoms with Crippen LogP contribution in [0.4, 0.5) is 5.82 Å². The van der Waals surface area contributed by atoms with Gasteiger partial charge in [-0.05, 0) is 44.1 Å². The highest BCUT2D eigenvalue weighted by Crippen LogP contribution is 2.52. The van der Waals surface area contributed by atoms with Gasteiger partial charge in [-0.1, -0.05) is 6.42 Å². The SMILES string of the molecule is Cc1cc2c(NN)nc(C3CC4CCC3C4)nc2s1. The van der Waals surface area contributed by atoms with E-state index in [1.807, 2.05) is 0 Å². The molecule has 0 spiro atoms. The lowest BCUT2D eigenvalue weighted by molar-refractivity contribution is 0.406. The predicted molar refractivity (Wildman–Crippen MR) is 78.2 cm³/mol. The second-order valence-electron chi connectivity index (χ2n) is 5.93. The second kappa shape index (κ2) is 4.15. The summed E-state index contributed by atoms with van der Waals surface area (Å²) in [6.07, 6.45) is 5.40. The molecule has 3 N–H and O–H groups in total. The van der Waals surface area contributed by atoms with Gasteiger partial charge in [0, 0.05) is 10.8 Å². The Kier molecular flexibility index (Phi) is 2.53. The van der Waals surface area contributed by atoms with Crippen molar-refractivity contribution in [2.45, 2.75) is 38.5 Å². The van der Waals surface area contributed by atoms with Crippen molar-refractivity contribution in [2.75, 3.05) is 5.43 Å². The molecule has 3 unspecified atom stereocenters. The molecule has 5 heteroatoms. The van der Waals surface area contributed by atoms with Gasteiger partial charge in [0.2, 0.25) is 0 Å². The van der Waals surface area contributed by atoms with Crippen molar-refractivity contribution in [1.82, 2.24) is 9.97 Å². The third kappa shape index (κ3) is 1.75. The van der Waals surface area contributed by atoms with Crippen LogP contribution in [0.25, 0.3) is 10.2 Å². The average Bonchev–Trinajstić information content (AvgIpc) is 3.10. The molecule has 3 atom stereocenters. The Bertz CT molecular complexity index is 636. The lowest BCUT2D eigenvalue weighted by atomic mass is 9.88. The van der Waals surface area contributed by atoms with Crippen molar-refractivity contribution < 1.29 is 0 Å². The van der Waals surface area contributed by atoms with Gasteiger partial charge in [0.05, 0.1) is 5.39 Å². The van der Waals surface area contributed by atoms with E-state index in [1.54, 1.807) is 11.3 Å². The van der Waals surface area contributed by atoms with E-state index in [-0.39, 0.29) is 0 Å². The van der Waals surface area contributed by atoms with E-state index in [1.165, 1.54) is 30.6 Å². The number of hydrogen-bond donors (Lipinski definition) is 2. The zero-order valence-electron chi connectivity index (χ0n) is 11.0. The van der Waals surface area contributed by atoms with Gasteiger partial charge in [-0.15, -0.1) is 11.3 Å². The summed E-state index contributed by atoms with van der Waals surface area (Å²) in [4.78, 5) is 11.8. The number of nitrogens with two attached hydrogens (primary N) is 1. The molecule has 4 rings (SSSR count). The Morgan fingerprint density at radius 1 is 1.32 bits per heavy atom. The summed E-state index contributed by atoms with van der Waals surface area (Å²) < 4.78 is 0. The number of hydrogen-bond acceptors (Lipinski definition) is 5. The highest BCUT2D eigenvalue weighted by Gasteiger charge is 2.41. The largest absolute Gasteiger partial charge is 0.308 e. The first-order chi connectivity index (χ1) is 9.24. The van der Waals surface area contributed by atoms with E-state index in [2.05, 4.69) is 18.4 Å². The standard InChI is InChI=1S/C14H18N4S/c1-7-4-11-13(18-15)16-12(17-14(11)19-7)10-6-8-2-3-9(10)5-8/h4,8-10H,2-3,5-6,15H2,1H3,(H,16,17,18). The van der Waals surface area contributed by atoms with Gasteiger partial charge in [-0.25, -0.2) is 15.8 Å². The van der Waals surface area contributed by atoms with Gasteiger partial charge in [0.15, 0.2) is 5.82 Å². The molecule has 2 aliphatic rings. The number of aryl methyl sites for hydroxylation is 1. The molecule has 19 heavy (non-hydrogen) atoms.